The highest BCUT2D eigenvalue weighted by atomic mass is 79.9. The number of phenolic OH excluding ortho intramolecular Hbond substituents is 2. The van der Waals surface area contributed by atoms with E-state index in [-0.39, 0.29) is 17.1 Å². The number of nitrogens with zero attached hydrogens (tertiary/aromatic N) is 1. The topological polar surface area (TPSA) is 82.5 Å². The zero-order chi connectivity index (χ0) is 14.0. The van der Waals surface area contributed by atoms with Gasteiger partial charge in [0.15, 0.2) is 0 Å². The molecule has 98 valence electrons. The van der Waals surface area contributed by atoms with Gasteiger partial charge >= 0.3 is 0 Å². The van der Waals surface area contributed by atoms with Crippen molar-refractivity contribution in [3.8, 4) is 11.5 Å². The first-order valence-corrected chi connectivity index (χ1v) is 6.22. The van der Waals surface area contributed by atoms with E-state index in [1.54, 1.807) is 6.07 Å². The molecule has 2 aromatic rings. The summed E-state index contributed by atoms with van der Waals surface area (Å²) in [5, 5.41) is 21.4. The molecule has 0 radical (unpaired) electrons. The molecule has 0 unspecified atom stereocenters. The maximum Gasteiger partial charge on any atom is 0.259 e. The lowest BCUT2D eigenvalue weighted by Gasteiger charge is -2.08. The second-order valence-electron chi connectivity index (χ2n) is 3.99. The number of amides is 1. The number of aryl methyl sites for hydroxylation is 1. The number of nitrogens with one attached hydrogen (secondary N) is 1. The number of aromatic hydroxyl groups is 2. The smallest absolute Gasteiger partial charge is 0.259 e. The molecule has 19 heavy (non-hydrogen) atoms. The van der Waals surface area contributed by atoms with E-state index >= 15 is 0 Å². The minimum Gasteiger partial charge on any atom is -0.508 e. The molecule has 0 bridgehead atoms. The van der Waals surface area contributed by atoms with Gasteiger partial charge in [0.25, 0.3) is 5.91 Å². The third kappa shape index (κ3) is 3.03. The van der Waals surface area contributed by atoms with Gasteiger partial charge in [0.2, 0.25) is 0 Å². The monoisotopic (exact) mass is 322 g/mol. The second kappa shape index (κ2) is 5.27. The first-order valence-electron chi connectivity index (χ1n) is 5.43. The van der Waals surface area contributed by atoms with E-state index in [1.165, 1.54) is 18.3 Å². The predicted octanol–water partition coefficient (Wildman–Crippen LogP) is 2.82. The molecule has 0 saturated carbocycles. The molecule has 3 N–H and O–H groups in total. The van der Waals surface area contributed by atoms with Gasteiger partial charge in [-0.3, -0.25) is 4.79 Å². The molecule has 0 fully saturated rings. The average Bonchev–Trinajstić information content (AvgIpc) is 2.33. The quantitative estimate of drug-likeness (QED) is 0.742. The maximum absolute atomic E-state index is 12.0. The Hall–Kier alpha value is -2.08. The summed E-state index contributed by atoms with van der Waals surface area (Å²) in [6, 6.07) is 5.55. The van der Waals surface area contributed by atoms with Crippen molar-refractivity contribution in [2.24, 2.45) is 0 Å². The minimum absolute atomic E-state index is 0.0818. The number of aromatic nitrogens is 1. The Morgan fingerprint density at radius 1 is 1.32 bits per heavy atom. The van der Waals surface area contributed by atoms with Crippen LogP contribution in [-0.2, 0) is 0 Å². The number of anilines is 1. The standard InChI is InChI=1S/C13H11BrN2O3/c1-7-4-8(6-15-12(7)14)16-13(19)10-3-2-9(17)5-11(10)18/h2-6,17-18H,1H3,(H,16,19). The van der Waals surface area contributed by atoms with E-state index in [0.717, 1.165) is 11.6 Å². The highest BCUT2D eigenvalue weighted by molar-refractivity contribution is 9.10. The molecule has 1 heterocycles. The summed E-state index contributed by atoms with van der Waals surface area (Å²) in [7, 11) is 0. The number of benzene rings is 1. The zero-order valence-corrected chi connectivity index (χ0v) is 11.6. The van der Waals surface area contributed by atoms with Crippen LogP contribution in [0.3, 0.4) is 0 Å². The Labute approximate surface area is 118 Å². The van der Waals surface area contributed by atoms with E-state index in [2.05, 4.69) is 26.2 Å². The Bertz CT molecular complexity index is 644. The minimum atomic E-state index is -0.471. The predicted molar refractivity (Wildman–Crippen MR) is 74.4 cm³/mol. The second-order valence-corrected chi connectivity index (χ2v) is 4.74. The Morgan fingerprint density at radius 3 is 2.68 bits per heavy atom. The van der Waals surface area contributed by atoms with Gasteiger partial charge in [0.1, 0.15) is 16.1 Å². The van der Waals surface area contributed by atoms with Crippen molar-refractivity contribution in [3.05, 3.63) is 46.2 Å². The third-order valence-corrected chi connectivity index (χ3v) is 3.33. The molecule has 5 nitrogen and oxygen atoms in total. The van der Waals surface area contributed by atoms with Crippen molar-refractivity contribution in [2.75, 3.05) is 5.32 Å². The molecule has 0 saturated heterocycles. The van der Waals surface area contributed by atoms with E-state index in [4.69, 9.17) is 5.11 Å². The lowest BCUT2D eigenvalue weighted by molar-refractivity contribution is 0.102. The summed E-state index contributed by atoms with van der Waals surface area (Å²) in [5.74, 6) is -0.851. The van der Waals surface area contributed by atoms with Gasteiger partial charge < -0.3 is 15.5 Å². The van der Waals surface area contributed by atoms with Gasteiger partial charge in [0.05, 0.1) is 17.4 Å². The van der Waals surface area contributed by atoms with Crippen LogP contribution in [0.2, 0.25) is 0 Å². The van der Waals surface area contributed by atoms with Gasteiger partial charge in [0, 0.05) is 6.07 Å². The highest BCUT2D eigenvalue weighted by Gasteiger charge is 2.12. The number of carbonyl (C=O) groups is 1. The van der Waals surface area contributed by atoms with Crippen LogP contribution in [0.4, 0.5) is 5.69 Å². The van der Waals surface area contributed by atoms with Crippen LogP contribution in [0.25, 0.3) is 0 Å². The normalized spacial score (nSPS) is 10.2. The SMILES string of the molecule is Cc1cc(NC(=O)c2ccc(O)cc2O)cnc1Br. The fourth-order valence-corrected chi connectivity index (χ4v) is 1.75. The van der Waals surface area contributed by atoms with Crippen molar-refractivity contribution in [2.45, 2.75) is 6.92 Å². The van der Waals surface area contributed by atoms with Crippen molar-refractivity contribution < 1.29 is 15.0 Å². The van der Waals surface area contributed by atoms with Crippen LogP contribution >= 0.6 is 15.9 Å². The molecule has 0 aliphatic rings. The molecule has 0 aliphatic carbocycles. The Morgan fingerprint density at radius 2 is 2.05 bits per heavy atom. The van der Waals surface area contributed by atoms with Crippen LogP contribution in [0.15, 0.2) is 35.1 Å². The molecule has 1 aromatic carbocycles. The molecular formula is C13H11BrN2O3. The third-order valence-electron chi connectivity index (χ3n) is 2.50. The van der Waals surface area contributed by atoms with Gasteiger partial charge in [-0.1, -0.05) is 0 Å². The van der Waals surface area contributed by atoms with E-state index in [0.29, 0.717) is 10.3 Å². The highest BCUT2D eigenvalue weighted by Crippen LogP contribution is 2.24. The Kier molecular flexibility index (Phi) is 3.71. The molecule has 2 rings (SSSR count). The van der Waals surface area contributed by atoms with E-state index in [1.807, 2.05) is 6.92 Å². The van der Waals surface area contributed by atoms with E-state index < -0.39 is 5.91 Å². The van der Waals surface area contributed by atoms with Gasteiger partial charge in [-0.2, -0.15) is 0 Å². The lowest BCUT2D eigenvalue weighted by atomic mass is 10.1. The molecular weight excluding hydrogens is 312 g/mol. The van der Waals surface area contributed by atoms with Gasteiger partial charge in [-0.05, 0) is 46.6 Å². The summed E-state index contributed by atoms with van der Waals surface area (Å²) in [6.07, 6.45) is 1.51. The first-order chi connectivity index (χ1) is 8.97. The Balaban J connectivity index is 2.23. The molecule has 0 spiro atoms. The number of phenols is 2. The van der Waals surface area contributed by atoms with Crippen LogP contribution in [0, 0.1) is 6.92 Å². The largest absolute Gasteiger partial charge is 0.508 e. The first kappa shape index (κ1) is 13.4. The van der Waals surface area contributed by atoms with Crippen LogP contribution in [-0.4, -0.2) is 21.1 Å². The van der Waals surface area contributed by atoms with Gasteiger partial charge in [-0.25, -0.2) is 4.98 Å². The van der Waals surface area contributed by atoms with E-state index in [9.17, 15) is 9.90 Å². The summed E-state index contributed by atoms with van der Waals surface area (Å²) in [4.78, 5) is 16.0. The lowest BCUT2D eigenvalue weighted by Crippen LogP contribution is -2.12. The van der Waals surface area contributed by atoms with Crippen molar-refractivity contribution in [3.63, 3.8) is 0 Å². The number of carbonyl (C=O) groups excluding carboxylic acids is 1. The number of hydrogen-bond donors (Lipinski definition) is 3. The van der Waals surface area contributed by atoms with Crippen LogP contribution < -0.4 is 5.32 Å². The van der Waals surface area contributed by atoms with Crippen molar-refractivity contribution >= 4 is 27.5 Å². The number of pyridine rings is 1. The fourth-order valence-electron chi connectivity index (χ4n) is 1.54. The average molecular weight is 323 g/mol. The number of halogens is 1. The summed E-state index contributed by atoms with van der Waals surface area (Å²) in [5.41, 5.74) is 1.49. The van der Waals surface area contributed by atoms with Gasteiger partial charge in [-0.15, -0.1) is 0 Å². The summed E-state index contributed by atoms with van der Waals surface area (Å²) >= 11 is 3.27. The molecule has 1 amide bonds. The molecule has 6 heteroatoms. The molecule has 1 aromatic heterocycles. The number of hydrogen-bond acceptors (Lipinski definition) is 4. The number of rotatable bonds is 2. The summed E-state index contributed by atoms with van der Waals surface area (Å²) in [6.45, 7) is 1.85. The fraction of sp³-hybridized carbons (Fsp3) is 0.0769. The zero-order valence-electron chi connectivity index (χ0n) is 10.0. The van der Waals surface area contributed by atoms with Crippen molar-refractivity contribution in [1.82, 2.24) is 4.98 Å². The molecule has 0 aliphatic heterocycles. The van der Waals surface area contributed by atoms with Crippen molar-refractivity contribution in [1.29, 1.82) is 0 Å². The summed E-state index contributed by atoms with van der Waals surface area (Å²) < 4.78 is 0.706. The molecule has 0 atom stereocenters. The van der Waals surface area contributed by atoms with Crippen LogP contribution in [0.1, 0.15) is 15.9 Å². The maximum atomic E-state index is 12.0. The van der Waals surface area contributed by atoms with Crippen LogP contribution in [0.5, 0.6) is 11.5 Å².